The van der Waals surface area contributed by atoms with Crippen LogP contribution in [0.1, 0.15) is 42.4 Å². The first-order chi connectivity index (χ1) is 9.15. The Balaban J connectivity index is 2.09. The summed E-state index contributed by atoms with van der Waals surface area (Å²) in [6.45, 7) is 11.1. The number of nitrogens with zero attached hydrogens (tertiary/aromatic N) is 1. The summed E-state index contributed by atoms with van der Waals surface area (Å²) in [4.78, 5) is 2.55. The Labute approximate surface area is 118 Å². The molecule has 106 valence electrons. The predicted molar refractivity (Wildman–Crippen MR) is 82.5 cm³/mol. The van der Waals surface area contributed by atoms with Gasteiger partial charge in [0, 0.05) is 0 Å². The predicted octanol–water partition coefficient (Wildman–Crippen LogP) is 3.08. The molecule has 0 saturated carbocycles. The van der Waals surface area contributed by atoms with Gasteiger partial charge in [-0.15, -0.1) is 0 Å². The summed E-state index contributed by atoms with van der Waals surface area (Å²) in [6.07, 6.45) is 2.59. The van der Waals surface area contributed by atoms with Gasteiger partial charge in [-0.05, 0) is 81.4 Å². The van der Waals surface area contributed by atoms with Crippen molar-refractivity contribution in [2.45, 2.75) is 39.5 Å². The zero-order valence-electron chi connectivity index (χ0n) is 12.7. The molecular formula is C17H28N2. The molecule has 1 saturated heterocycles. The van der Waals surface area contributed by atoms with E-state index >= 15 is 0 Å². The Bertz CT molecular complexity index is 406. The van der Waals surface area contributed by atoms with Gasteiger partial charge in [0.05, 0.1) is 0 Å². The molecule has 2 nitrogen and oxygen atoms in total. The van der Waals surface area contributed by atoms with E-state index < -0.39 is 0 Å². The number of hydrogen-bond acceptors (Lipinski definition) is 2. The largest absolute Gasteiger partial charge is 0.330 e. The SMILES string of the molecule is CCN1CCC(C(CN)c2ccc(C)c(C)c2)CC1. The lowest BCUT2D eigenvalue weighted by atomic mass is 9.79. The lowest BCUT2D eigenvalue weighted by molar-refractivity contribution is 0.176. The van der Waals surface area contributed by atoms with Crippen molar-refractivity contribution in [2.75, 3.05) is 26.2 Å². The van der Waals surface area contributed by atoms with Gasteiger partial charge >= 0.3 is 0 Å². The summed E-state index contributed by atoms with van der Waals surface area (Å²) in [5.41, 5.74) is 10.3. The molecule has 0 radical (unpaired) electrons. The monoisotopic (exact) mass is 260 g/mol. The summed E-state index contributed by atoms with van der Waals surface area (Å²) in [6, 6.07) is 6.87. The van der Waals surface area contributed by atoms with Crippen LogP contribution in [0, 0.1) is 19.8 Å². The summed E-state index contributed by atoms with van der Waals surface area (Å²) < 4.78 is 0. The summed E-state index contributed by atoms with van der Waals surface area (Å²) in [7, 11) is 0. The number of piperidine rings is 1. The molecule has 1 aromatic carbocycles. The fourth-order valence-electron chi connectivity index (χ4n) is 3.27. The first-order valence-electron chi connectivity index (χ1n) is 7.65. The Morgan fingerprint density at radius 3 is 2.42 bits per heavy atom. The Morgan fingerprint density at radius 2 is 1.89 bits per heavy atom. The fraction of sp³-hybridized carbons (Fsp3) is 0.647. The van der Waals surface area contributed by atoms with Crippen LogP contribution in [0.2, 0.25) is 0 Å². The number of nitrogens with two attached hydrogens (primary N) is 1. The second-order valence-electron chi connectivity index (χ2n) is 5.96. The summed E-state index contributed by atoms with van der Waals surface area (Å²) in [5, 5.41) is 0. The van der Waals surface area contributed by atoms with Gasteiger partial charge in [-0.3, -0.25) is 0 Å². The standard InChI is InChI=1S/C17H28N2/c1-4-19-9-7-15(8-10-19)17(12-18)16-6-5-13(2)14(3)11-16/h5-6,11,15,17H,4,7-10,12,18H2,1-3H3. The zero-order chi connectivity index (χ0) is 13.8. The van der Waals surface area contributed by atoms with Crippen LogP contribution < -0.4 is 5.73 Å². The smallest absolute Gasteiger partial charge is 0.000555 e. The van der Waals surface area contributed by atoms with E-state index in [1.54, 1.807) is 0 Å². The number of rotatable bonds is 4. The van der Waals surface area contributed by atoms with Gasteiger partial charge in [0.1, 0.15) is 0 Å². The van der Waals surface area contributed by atoms with Crippen LogP contribution in [0.5, 0.6) is 0 Å². The van der Waals surface area contributed by atoms with Crippen molar-refractivity contribution in [2.24, 2.45) is 11.7 Å². The molecule has 0 aromatic heterocycles. The van der Waals surface area contributed by atoms with Crippen molar-refractivity contribution in [3.05, 3.63) is 34.9 Å². The van der Waals surface area contributed by atoms with E-state index in [9.17, 15) is 0 Å². The molecule has 0 spiro atoms. The van der Waals surface area contributed by atoms with E-state index in [0.717, 1.165) is 12.5 Å². The number of benzene rings is 1. The fourth-order valence-corrected chi connectivity index (χ4v) is 3.27. The van der Waals surface area contributed by atoms with Gasteiger partial charge in [0.15, 0.2) is 0 Å². The maximum Gasteiger partial charge on any atom is -0.000555 e. The highest BCUT2D eigenvalue weighted by Crippen LogP contribution is 2.32. The minimum absolute atomic E-state index is 0.540. The molecule has 19 heavy (non-hydrogen) atoms. The molecule has 2 rings (SSSR count). The maximum atomic E-state index is 6.08. The van der Waals surface area contributed by atoms with Gasteiger partial charge in [0.25, 0.3) is 0 Å². The van der Waals surface area contributed by atoms with Crippen LogP contribution in [0.3, 0.4) is 0 Å². The molecule has 1 heterocycles. The van der Waals surface area contributed by atoms with Gasteiger partial charge in [-0.25, -0.2) is 0 Å². The number of hydrogen-bond donors (Lipinski definition) is 1. The third-order valence-electron chi connectivity index (χ3n) is 4.86. The van der Waals surface area contributed by atoms with Gasteiger partial charge < -0.3 is 10.6 Å². The second-order valence-corrected chi connectivity index (χ2v) is 5.96. The van der Waals surface area contributed by atoms with Gasteiger partial charge in [-0.2, -0.15) is 0 Å². The van der Waals surface area contributed by atoms with E-state index in [0.29, 0.717) is 5.92 Å². The zero-order valence-corrected chi connectivity index (χ0v) is 12.7. The van der Waals surface area contributed by atoms with Crippen molar-refractivity contribution in [1.82, 2.24) is 4.90 Å². The normalized spacial score (nSPS) is 19.6. The van der Waals surface area contributed by atoms with Crippen LogP contribution in [-0.2, 0) is 0 Å². The van der Waals surface area contributed by atoms with Crippen molar-refractivity contribution in [3.8, 4) is 0 Å². The van der Waals surface area contributed by atoms with Gasteiger partial charge in [0.2, 0.25) is 0 Å². The molecule has 0 bridgehead atoms. The Hall–Kier alpha value is -0.860. The molecular weight excluding hydrogens is 232 g/mol. The second kappa shape index (κ2) is 6.53. The van der Waals surface area contributed by atoms with Crippen molar-refractivity contribution in [1.29, 1.82) is 0 Å². The molecule has 1 atom stereocenters. The highest BCUT2D eigenvalue weighted by atomic mass is 15.1. The molecule has 0 amide bonds. The van der Waals surface area contributed by atoms with Crippen LogP contribution in [0.4, 0.5) is 0 Å². The van der Waals surface area contributed by atoms with Crippen molar-refractivity contribution < 1.29 is 0 Å². The molecule has 0 aliphatic carbocycles. The van der Waals surface area contributed by atoms with Crippen molar-refractivity contribution >= 4 is 0 Å². The third-order valence-corrected chi connectivity index (χ3v) is 4.86. The molecule has 1 fully saturated rings. The average molecular weight is 260 g/mol. The summed E-state index contributed by atoms with van der Waals surface area (Å²) in [5.74, 6) is 1.30. The van der Waals surface area contributed by atoms with Crippen LogP contribution >= 0.6 is 0 Å². The highest BCUT2D eigenvalue weighted by Gasteiger charge is 2.26. The minimum atomic E-state index is 0.540. The molecule has 2 N–H and O–H groups in total. The van der Waals surface area contributed by atoms with Crippen LogP contribution in [-0.4, -0.2) is 31.1 Å². The lowest BCUT2D eigenvalue weighted by Crippen LogP contribution is -2.36. The van der Waals surface area contributed by atoms with E-state index in [1.807, 2.05) is 0 Å². The molecule has 1 unspecified atom stereocenters. The topological polar surface area (TPSA) is 29.3 Å². The van der Waals surface area contributed by atoms with E-state index in [1.165, 1.54) is 49.2 Å². The van der Waals surface area contributed by atoms with Gasteiger partial charge in [-0.1, -0.05) is 25.1 Å². The molecule has 1 aliphatic rings. The highest BCUT2D eigenvalue weighted by molar-refractivity contribution is 5.32. The maximum absolute atomic E-state index is 6.08. The number of aryl methyl sites for hydroxylation is 2. The molecule has 1 aliphatic heterocycles. The van der Waals surface area contributed by atoms with E-state index in [2.05, 4.69) is 43.9 Å². The van der Waals surface area contributed by atoms with E-state index in [-0.39, 0.29) is 0 Å². The molecule has 2 heteroatoms. The number of likely N-dealkylation sites (tertiary alicyclic amines) is 1. The van der Waals surface area contributed by atoms with Crippen molar-refractivity contribution in [3.63, 3.8) is 0 Å². The Morgan fingerprint density at radius 1 is 1.21 bits per heavy atom. The van der Waals surface area contributed by atoms with Crippen LogP contribution in [0.15, 0.2) is 18.2 Å². The molecule has 1 aromatic rings. The van der Waals surface area contributed by atoms with E-state index in [4.69, 9.17) is 5.73 Å². The Kier molecular flexibility index (Phi) is 5.00. The average Bonchev–Trinajstić information content (AvgIpc) is 2.44. The first-order valence-corrected chi connectivity index (χ1v) is 7.65. The quantitative estimate of drug-likeness (QED) is 0.901. The van der Waals surface area contributed by atoms with Crippen LogP contribution in [0.25, 0.3) is 0 Å². The summed E-state index contributed by atoms with van der Waals surface area (Å²) >= 11 is 0. The first kappa shape index (κ1) is 14.5. The third kappa shape index (κ3) is 3.37. The minimum Gasteiger partial charge on any atom is -0.330 e. The lowest BCUT2D eigenvalue weighted by Gasteiger charge is -2.35.